The Labute approximate surface area is 167 Å². The lowest BCUT2D eigenvalue weighted by molar-refractivity contribution is -0.137. The van der Waals surface area contributed by atoms with Crippen molar-refractivity contribution >= 4 is 35.2 Å². The van der Waals surface area contributed by atoms with E-state index in [9.17, 15) is 14.4 Å². The molecule has 0 unspecified atom stereocenters. The number of carbonyl (C=O) groups is 3. The van der Waals surface area contributed by atoms with Gasteiger partial charge in [-0.1, -0.05) is 0 Å². The summed E-state index contributed by atoms with van der Waals surface area (Å²) in [7, 11) is 1.54. The number of esters is 1. The molecular formula is C21H22N2O6. The van der Waals surface area contributed by atoms with Gasteiger partial charge in [-0.2, -0.15) is 0 Å². The van der Waals surface area contributed by atoms with Crippen molar-refractivity contribution in [3.63, 3.8) is 0 Å². The Morgan fingerprint density at radius 2 is 2.03 bits per heavy atom. The maximum atomic E-state index is 12.5. The van der Waals surface area contributed by atoms with Crippen LogP contribution in [0.5, 0.6) is 5.75 Å². The third-order valence-corrected chi connectivity index (χ3v) is 4.78. The minimum atomic E-state index is -0.949. The number of methoxy groups -OCH3 is 1. The first-order valence-electron chi connectivity index (χ1n) is 9.17. The van der Waals surface area contributed by atoms with Crippen LogP contribution in [-0.2, 0) is 20.7 Å². The second-order valence-electron chi connectivity index (χ2n) is 6.56. The lowest BCUT2D eigenvalue weighted by Gasteiger charge is -2.04. The molecule has 8 nitrogen and oxygen atoms in total. The summed E-state index contributed by atoms with van der Waals surface area (Å²) in [5.74, 6) is -1.16. The fourth-order valence-electron chi connectivity index (χ4n) is 3.32. The van der Waals surface area contributed by atoms with Gasteiger partial charge in [0.2, 0.25) is 0 Å². The molecule has 0 aliphatic carbocycles. The number of aliphatic carboxylic acids is 1. The number of H-pyrrole nitrogens is 1. The Balaban J connectivity index is 2.10. The van der Waals surface area contributed by atoms with E-state index in [1.54, 1.807) is 45.2 Å². The average molecular weight is 398 g/mol. The van der Waals surface area contributed by atoms with Crippen LogP contribution in [0.2, 0.25) is 0 Å². The van der Waals surface area contributed by atoms with Gasteiger partial charge < -0.3 is 24.9 Å². The zero-order valence-corrected chi connectivity index (χ0v) is 16.4. The molecule has 1 aliphatic heterocycles. The molecule has 1 aromatic carbocycles. The first-order valence-corrected chi connectivity index (χ1v) is 9.17. The molecule has 0 spiro atoms. The van der Waals surface area contributed by atoms with Crippen molar-refractivity contribution < 1.29 is 29.0 Å². The number of carboxylic acid groups (broad SMARTS) is 1. The zero-order valence-electron chi connectivity index (χ0n) is 16.4. The number of fused-ring (bicyclic) bond motifs is 1. The molecule has 8 heteroatoms. The molecule has 0 atom stereocenters. The van der Waals surface area contributed by atoms with Crippen LogP contribution in [0.15, 0.2) is 18.2 Å². The van der Waals surface area contributed by atoms with Crippen LogP contribution >= 0.6 is 0 Å². The highest BCUT2D eigenvalue weighted by Crippen LogP contribution is 2.36. The topological polar surface area (TPSA) is 118 Å². The number of ether oxygens (including phenoxy) is 2. The zero-order chi connectivity index (χ0) is 21.1. The molecule has 3 N–H and O–H groups in total. The van der Waals surface area contributed by atoms with E-state index in [4.69, 9.17) is 14.6 Å². The van der Waals surface area contributed by atoms with E-state index >= 15 is 0 Å². The van der Waals surface area contributed by atoms with Gasteiger partial charge in [0.1, 0.15) is 11.4 Å². The van der Waals surface area contributed by atoms with Crippen molar-refractivity contribution in [2.45, 2.75) is 26.7 Å². The number of anilines is 1. The summed E-state index contributed by atoms with van der Waals surface area (Å²) in [6, 6.07) is 5.25. The number of carboxylic acids is 1. The van der Waals surface area contributed by atoms with E-state index in [1.807, 2.05) is 0 Å². The van der Waals surface area contributed by atoms with Gasteiger partial charge in [0, 0.05) is 23.4 Å². The fraction of sp³-hybridized carbons (Fsp3) is 0.286. The molecule has 2 aromatic rings. The molecule has 1 amide bonds. The van der Waals surface area contributed by atoms with Gasteiger partial charge in [0.25, 0.3) is 5.91 Å². The van der Waals surface area contributed by atoms with Gasteiger partial charge in [-0.3, -0.25) is 9.59 Å². The number of aromatic nitrogens is 1. The summed E-state index contributed by atoms with van der Waals surface area (Å²) in [6.45, 7) is 3.65. The summed E-state index contributed by atoms with van der Waals surface area (Å²) in [5.41, 5.74) is 3.75. The highest BCUT2D eigenvalue weighted by molar-refractivity contribution is 6.35. The Kier molecular flexibility index (Phi) is 5.72. The number of aromatic amines is 1. The number of hydrogen-bond donors (Lipinski definition) is 3. The maximum Gasteiger partial charge on any atom is 0.355 e. The van der Waals surface area contributed by atoms with E-state index < -0.39 is 11.9 Å². The third-order valence-electron chi connectivity index (χ3n) is 4.78. The van der Waals surface area contributed by atoms with Crippen molar-refractivity contribution in [2.75, 3.05) is 19.0 Å². The first kappa shape index (κ1) is 20.2. The van der Waals surface area contributed by atoms with E-state index in [2.05, 4.69) is 10.3 Å². The van der Waals surface area contributed by atoms with Gasteiger partial charge >= 0.3 is 11.9 Å². The molecule has 1 aromatic heterocycles. The summed E-state index contributed by atoms with van der Waals surface area (Å²) >= 11 is 0. The van der Waals surface area contributed by atoms with Gasteiger partial charge in [-0.05, 0) is 55.7 Å². The minimum Gasteiger partial charge on any atom is -0.497 e. The molecular weight excluding hydrogens is 376 g/mol. The molecule has 0 radical (unpaired) electrons. The number of carbonyl (C=O) groups excluding carboxylic acids is 2. The van der Waals surface area contributed by atoms with E-state index in [1.165, 1.54) is 0 Å². The lowest BCUT2D eigenvalue weighted by atomic mass is 10.0. The van der Waals surface area contributed by atoms with Crippen LogP contribution < -0.4 is 10.1 Å². The van der Waals surface area contributed by atoms with Gasteiger partial charge in [0.05, 0.1) is 19.3 Å². The van der Waals surface area contributed by atoms with E-state index in [0.29, 0.717) is 39.4 Å². The van der Waals surface area contributed by atoms with Gasteiger partial charge in [0.15, 0.2) is 0 Å². The number of hydrogen-bond acceptors (Lipinski definition) is 5. The molecule has 2 heterocycles. The summed E-state index contributed by atoms with van der Waals surface area (Å²) in [5, 5.41) is 11.9. The highest BCUT2D eigenvalue weighted by Gasteiger charge is 2.27. The SMILES string of the molecule is CCOC(=O)c1[nH]c(C=C2C(=O)Nc3ccc(OC)cc32)c(CCC(=O)O)c1C. The molecule has 0 fully saturated rings. The summed E-state index contributed by atoms with van der Waals surface area (Å²) in [6.07, 6.45) is 1.74. The number of benzene rings is 1. The van der Waals surface area contributed by atoms with Crippen LogP contribution in [0.4, 0.5) is 5.69 Å². The van der Waals surface area contributed by atoms with Crippen molar-refractivity contribution in [3.05, 3.63) is 46.3 Å². The Bertz CT molecular complexity index is 1020. The Morgan fingerprint density at radius 1 is 1.28 bits per heavy atom. The van der Waals surface area contributed by atoms with Crippen molar-refractivity contribution in [1.82, 2.24) is 4.98 Å². The van der Waals surface area contributed by atoms with E-state index in [-0.39, 0.29) is 31.0 Å². The average Bonchev–Trinajstić information content (AvgIpc) is 3.16. The predicted octanol–water partition coefficient (Wildman–Crippen LogP) is 3.02. The van der Waals surface area contributed by atoms with Crippen molar-refractivity contribution in [1.29, 1.82) is 0 Å². The monoisotopic (exact) mass is 398 g/mol. The van der Waals surface area contributed by atoms with Gasteiger partial charge in [-0.25, -0.2) is 4.79 Å². The Morgan fingerprint density at radius 3 is 2.69 bits per heavy atom. The second-order valence-corrected chi connectivity index (χ2v) is 6.56. The maximum absolute atomic E-state index is 12.5. The molecule has 29 heavy (non-hydrogen) atoms. The molecule has 0 saturated carbocycles. The van der Waals surface area contributed by atoms with Crippen LogP contribution in [0, 0.1) is 6.92 Å². The number of rotatable bonds is 7. The normalized spacial score (nSPS) is 13.9. The van der Waals surface area contributed by atoms with Crippen LogP contribution in [-0.4, -0.2) is 41.7 Å². The molecule has 152 valence electrons. The number of amides is 1. The summed E-state index contributed by atoms with van der Waals surface area (Å²) in [4.78, 5) is 38.9. The predicted molar refractivity (Wildman–Crippen MR) is 107 cm³/mol. The molecule has 3 rings (SSSR count). The first-order chi connectivity index (χ1) is 13.8. The highest BCUT2D eigenvalue weighted by atomic mass is 16.5. The number of nitrogens with one attached hydrogen (secondary N) is 2. The van der Waals surface area contributed by atoms with Crippen LogP contribution in [0.3, 0.4) is 0 Å². The molecule has 1 aliphatic rings. The van der Waals surface area contributed by atoms with Gasteiger partial charge in [-0.15, -0.1) is 0 Å². The minimum absolute atomic E-state index is 0.103. The Hall–Kier alpha value is -3.55. The quantitative estimate of drug-likeness (QED) is 0.487. The largest absolute Gasteiger partial charge is 0.497 e. The fourth-order valence-corrected chi connectivity index (χ4v) is 3.32. The van der Waals surface area contributed by atoms with Crippen LogP contribution in [0.25, 0.3) is 11.6 Å². The van der Waals surface area contributed by atoms with Crippen molar-refractivity contribution in [3.8, 4) is 5.75 Å². The standard InChI is InChI=1S/C21H22N2O6/c1-4-29-21(27)19-11(2)13(6-8-18(24)25)17(22-19)10-15-14-9-12(28-3)5-7-16(14)23-20(15)26/h5,7,9-10,22H,4,6,8H2,1-3H3,(H,23,26)(H,24,25). The molecule has 0 bridgehead atoms. The lowest BCUT2D eigenvalue weighted by Crippen LogP contribution is -2.07. The van der Waals surface area contributed by atoms with Crippen LogP contribution in [0.1, 0.15) is 46.2 Å². The smallest absolute Gasteiger partial charge is 0.355 e. The van der Waals surface area contributed by atoms with Crippen molar-refractivity contribution in [2.24, 2.45) is 0 Å². The summed E-state index contributed by atoms with van der Waals surface area (Å²) < 4.78 is 10.3. The van der Waals surface area contributed by atoms with E-state index in [0.717, 1.165) is 0 Å². The molecule has 0 saturated heterocycles. The second kappa shape index (κ2) is 8.22. The third kappa shape index (κ3) is 4.01.